The van der Waals surface area contributed by atoms with Crippen molar-refractivity contribution in [3.8, 4) is 0 Å². The summed E-state index contributed by atoms with van der Waals surface area (Å²) in [5.74, 6) is -0.540. The lowest BCUT2D eigenvalue weighted by molar-refractivity contribution is -0.138. The Morgan fingerprint density at radius 3 is 2.25 bits per heavy atom. The van der Waals surface area contributed by atoms with E-state index < -0.39 is 17.6 Å². The van der Waals surface area contributed by atoms with Crippen LogP contribution in [-0.2, 0) is 30.2 Å². The van der Waals surface area contributed by atoms with Gasteiger partial charge in [0.05, 0.1) is 29.1 Å². The maximum Gasteiger partial charge on any atom is 0.419 e. The van der Waals surface area contributed by atoms with E-state index in [0.717, 1.165) is 38.1 Å². The zero-order valence-electron chi connectivity index (χ0n) is 19.8. The Kier molecular flexibility index (Phi) is 7.63. The summed E-state index contributed by atoms with van der Waals surface area (Å²) >= 11 is 0. The lowest BCUT2D eigenvalue weighted by Crippen LogP contribution is -2.44. The van der Waals surface area contributed by atoms with Crippen LogP contribution in [0.3, 0.4) is 0 Å². The molecule has 0 radical (unpaired) electrons. The van der Waals surface area contributed by atoms with Crippen molar-refractivity contribution >= 4 is 23.2 Å². The summed E-state index contributed by atoms with van der Waals surface area (Å²) < 4.78 is 40.9. The summed E-state index contributed by atoms with van der Waals surface area (Å²) in [6.07, 6.45) is -1.11. The number of nitrogens with two attached hydrogens (primary N) is 1. The molecular formula is C24H27F3N8O. The van der Waals surface area contributed by atoms with Crippen LogP contribution in [0.15, 0.2) is 42.9 Å². The van der Waals surface area contributed by atoms with E-state index in [1.165, 1.54) is 12.4 Å². The number of nitrogens with one attached hydrogen (secondary N) is 1. The van der Waals surface area contributed by atoms with Crippen molar-refractivity contribution < 1.29 is 18.0 Å². The smallest absolute Gasteiger partial charge is 0.369 e. The van der Waals surface area contributed by atoms with Crippen molar-refractivity contribution in [3.63, 3.8) is 0 Å². The molecular weight excluding hydrogens is 473 g/mol. The number of hydrogen-bond acceptors (Lipinski definition) is 8. The average molecular weight is 501 g/mol. The molecule has 190 valence electrons. The largest absolute Gasteiger partial charge is 0.419 e. The molecule has 1 aliphatic heterocycles. The number of likely N-dealkylation sites (N-methyl/N-ethyl adjacent to an activating group) is 1. The molecule has 1 amide bonds. The molecule has 36 heavy (non-hydrogen) atoms. The first-order valence-electron chi connectivity index (χ1n) is 11.5. The van der Waals surface area contributed by atoms with Crippen LogP contribution in [0.5, 0.6) is 0 Å². The quantitative estimate of drug-likeness (QED) is 0.485. The number of hydrogen-bond donors (Lipinski definition) is 2. The first-order valence-corrected chi connectivity index (χ1v) is 11.5. The number of aromatic nitrogens is 4. The highest BCUT2D eigenvalue weighted by Gasteiger charge is 2.35. The number of nitrogens with zero attached hydrogens (tertiary/aromatic N) is 6. The van der Waals surface area contributed by atoms with Crippen molar-refractivity contribution in [1.29, 1.82) is 0 Å². The molecule has 1 aliphatic rings. The molecule has 0 aliphatic carbocycles. The molecule has 1 aromatic carbocycles. The lowest BCUT2D eigenvalue weighted by atomic mass is 10.1. The Balaban J connectivity index is 1.50. The van der Waals surface area contributed by atoms with Crippen LogP contribution in [0.2, 0.25) is 0 Å². The van der Waals surface area contributed by atoms with Gasteiger partial charge in [0.25, 0.3) is 0 Å². The van der Waals surface area contributed by atoms with Gasteiger partial charge >= 0.3 is 6.18 Å². The molecule has 3 N–H and O–H groups in total. The fourth-order valence-electron chi connectivity index (χ4n) is 4.01. The summed E-state index contributed by atoms with van der Waals surface area (Å²) in [5.41, 5.74) is 6.63. The monoisotopic (exact) mass is 500 g/mol. The third kappa shape index (κ3) is 6.45. The van der Waals surface area contributed by atoms with Gasteiger partial charge in [-0.25, -0.2) is 9.97 Å². The first kappa shape index (κ1) is 25.3. The Bertz CT molecular complexity index is 1190. The van der Waals surface area contributed by atoms with Crippen molar-refractivity contribution in [2.45, 2.75) is 25.4 Å². The van der Waals surface area contributed by atoms with Crippen LogP contribution < -0.4 is 16.0 Å². The number of primary amides is 1. The molecule has 1 fully saturated rings. The molecule has 9 nitrogen and oxygen atoms in total. The summed E-state index contributed by atoms with van der Waals surface area (Å²) in [6, 6.07) is 7.63. The topological polar surface area (TPSA) is 113 Å². The number of anilines is 3. The van der Waals surface area contributed by atoms with Crippen LogP contribution in [0.4, 0.5) is 30.5 Å². The van der Waals surface area contributed by atoms with Crippen LogP contribution in [-0.4, -0.2) is 64.0 Å². The van der Waals surface area contributed by atoms with Gasteiger partial charge < -0.3 is 20.9 Å². The van der Waals surface area contributed by atoms with Gasteiger partial charge in [0.1, 0.15) is 0 Å². The molecule has 0 unspecified atom stereocenters. The lowest BCUT2D eigenvalue weighted by Gasteiger charge is -2.34. The van der Waals surface area contributed by atoms with Crippen molar-refractivity contribution in [1.82, 2.24) is 24.8 Å². The number of benzene rings is 1. The summed E-state index contributed by atoms with van der Waals surface area (Å²) in [5, 5.41) is 2.99. The number of aryl methyl sites for hydroxylation is 2. The minimum atomic E-state index is -4.61. The number of rotatable bonds is 8. The second kappa shape index (κ2) is 10.9. The van der Waals surface area contributed by atoms with E-state index in [2.05, 4.69) is 42.1 Å². The number of carbonyl (C=O) groups excluding carboxylic acids is 1. The summed E-state index contributed by atoms with van der Waals surface area (Å²) in [4.78, 5) is 32.2. The summed E-state index contributed by atoms with van der Waals surface area (Å²) in [7, 11) is 2.09. The van der Waals surface area contributed by atoms with Gasteiger partial charge in [-0.1, -0.05) is 0 Å². The highest BCUT2D eigenvalue weighted by Crippen LogP contribution is 2.32. The number of halogens is 3. The van der Waals surface area contributed by atoms with Crippen LogP contribution in [0, 0.1) is 0 Å². The average Bonchev–Trinajstić information content (AvgIpc) is 2.84. The number of piperazine rings is 1. The van der Waals surface area contributed by atoms with Crippen LogP contribution in [0.1, 0.15) is 22.6 Å². The van der Waals surface area contributed by atoms with Gasteiger partial charge in [0, 0.05) is 56.1 Å². The van der Waals surface area contributed by atoms with E-state index in [4.69, 9.17) is 5.73 Å². The fourth-order valence-corrected chi connectivity index (χ4v) is 4.01. The normalized spacial score (nSPS) is 14.6. The first-order chi connectivity index (χ1) is 17.2. The zero-order valence-corrected chi connectivity index (χ0v) is 19.8. The fraction of sp³-hybridized carbons (Fsp3) is 0.375. The minimum absolute atomic E-state index is 0.0573. The SMILES string of the molecule is CN1CCN(c2ccc(Nc3ncc(C(F)(F)F)c(CCc4nccnc4CC(N)=O)n3)cc2)CC1. The second-order valence-corrected chi connectivity index (χ2v) is 8.61. The van der Waals surface area contributed by atoms with E-state index in [1.807, 2.05) is 24.3 Å². The van der Waals surface area contributed by atoms with E-state index in [1.54, 1.807) is 0 Å². The molecule has 0 saturated carbocycles. The van der Waals surface area contributed by atoms with Crippen LogP contribution >= 0.6 is 0 Å². The van der Waals surface area contributed by atoms with E-state index >= 15 is 0 Å². The van der Waals surface area contributed by atoms with Gasteiger partial charge in [0.15, 0.2) is 0 Å². The number of carbonyl (C=O) groups is 1. The number of amides is 1. The molecule has 0 atom stereocenters. The Morgan fingerprint density at radius 2 is 1.61 bits per heavy atom. The molecule has 2 aromatic heterocycles. The highest BCUT2D eigenvalue weighted by atomic mass is 19.4. The van der Waals surface area contributed by atoms with Crippen molar-refractivity contribution in [2.24, 2.45) is 5.73 Å². The maximum absolute atomic E-state index is 13.6. The summed E-state index contributed by atoms with van der Waals surface area (Å²) in [6.45, 7) is 3.84. The van der Waals surface area contributed by atoms with Crippen molar-refractivity contribution in [3.05, 3.63) is 65.5 Å². The molecule has 4 rings (SSSR count). The van der Waals surface area contributed by atoms with Gasteiger partial charge in [-0.3, -0.25) is 14.8 Å². The molecule has 3 aromatic rings. The van der Waals surface area contributed by atoms with Gasteiger partial charge in [-0.2, -0.15) is 13.2 Å². The molecule has 12 heteroatoms. The predicted octanol–water partition coefficient (Wildman–Crippen LogP) is 2.59. The van der Waals surface area contributed by atoms with Gasteiger partial charge in [0.2, 0.25) is 11.9 Å². The molecule has 0 spiro atoms. The van der Waals surface area contributed by atoms with Crippen molar-refractivity contribution in [2.75, 3.05) is 43.4 Å². The Labute approximate surface area is 206 Å². The van der Waals surface area contributed by atoms with Gasteiger partial charge in [-0.05, 0) is 44.2 Å². The third-order valence-electron chi connectivity index (χ3n) is 5.97. The van der Waals surface area contributed by atoms with Gasteiger partial charge in [-0.15, -0.1) is 0 Å². The number of alkyl halides is 3. The Morgan fingerprint density at radius 1 is 0.972 bits per heavy atom. The van der Waals surface area contributed by atoms with Crippen LogP contribution in [0.25, 0.3) is 0 Å². The highest BCUT2D eigenvalue weighted by molar-refractivity contribution is 5.76. The second-order valence-electron chi connectivity index (χ2n) is 8.61. The molecule has 0 bridgehead atoms. The Hall–Kier alpha value is -3.80. The predicted molar refractivity (Wildman–Crippen MR) is 129 cm³/mol. The standard InChI is InChI=1S/C24H27F3N8O/c1-34-10-12-35(13-11-34)17-4-2-16(3-5-17)32-23-31-15-18(24(25,26)27)19(33-23)6-7-20-21(14-22(28)36)30-9-8-29-20/h2-5,8-9,15H,6-7,10-14H2,1H3,(H2,28,36)(H,31,32,33). The van der Waals surface area contributed by atoms with E-state index in [-0.39, 0.29) is 30.9 Å². The minimum Gasteiger partial charge on any atom is -0.369 e. The molecule has 1 saturated heterocycles. The third-order valence-corrected chi connectivity index (χ3v) is 5.97. The maximum atomic E-state index is 13.6. The molecule has 3 heterocycles. The van der Waals surface area contributed by atoms with E-state index in [0.29, 0.717) is 17.1 Å². The zero-order chi connectivity index (χ0) is 25.7. The van der Waals surface area contributed by atoms with E-state index in [9.17, 15) is 18.0 Å².